The monoisotopic (exact) mass is 284 g/mol. The number of aliphatic hydroxyl groups excluding tert-OH is 2. The Kier molecular flexibility index (Phi) is 4.23. The van der Waals surface area contributed by atoms with Gasteiger partial charge in [-0.25, -0.2) is 0 Å². The van der Waals surface area contributed by atoms with Crippen molar-refractivity contribution in [2.45, 2.75) is 31.5 Å². The van der Waals surface area contributed by atoms with Gasteiger partial charge in [0.1, 0.15) is 18.5 Å². The molecule has 0 aliphatic heterocycles. The lowest BCUT2D eigenvalue weighted by Gasteiger charge is -2.22. The van der Waals surface area contributed by atoms with Crippen molar-refractivity contribution in [2.75, 3.05) is 6.61 Å². The van der Waals surface area contributed by atoms with Crippen LogP contribution in [-0.2, 0) is 6.42 Å². The largest absolute Gasteiger partial charge is 0.491 e. The molecule has 0 bridgehead atoms. The lowest BCUT2D eigenvalue weighted by atomic mass is 9.89. The van der Waals surface area contributed by atoms with E-state index in [1.807, 2.05) is 48.5 Å². The smallest absolute Gasteiger partial charge is 0.119 e. The Balaban J connectivity index is 1.67. The Bertz CT molecular complexity index is 595. The highest BCUT2D eigenvalue weighted by Crippen LogP contribution is 2.32. The summed E-state index contributed by atoms with van der Waals surface area (Å²) in [6.07, 6.45) is 1.81. The first-order valence-electron chi connectivity index (χ1n) is 7.41. The van der Waals surface area contributed by atoms with Crippen molar-refractivity contribution >= 4 is 0 Å². The highest BCUT2D eigenvalue weighted by atomic mass is 16.5. The van der Waals surface area contributed by atoms with Crippen LogP contribution in [0.25, 0.3) is 0 Å². The van der Waals surface area contributed by atoms with Crippen LogP contribution in [0, 0.1) is 0 Å². The second-order valence-corrected chi connectivity index (χ2v) is 5.51. The molecule has 2 aromatic carbocycles. The van der Waals surface area contributed by atoms with Gasteiger partial charge in [0, 0.05) is 0 Å². The van der Waals surface area contributed by atoms with Crippen molar-refractivity contribution in [3.8, 4) is 5.75 Å². The fourth-order valence-corrected chi connectivity index (χ4v) is 2.79. The molecule has 0 saturated heterocycles. The average Bonchev–Trinajstić information content (AvgIpc) is 2.54. The summed E-state index contributed by atoms with van der Waals surface area (Å²) in [7, 11) is 0. The van der Waals surface area contributed by atoms with Gasteiger partial charge in [-0.15, -0.1) is 0 Å². The molecule has 0 saturated carbocycles. The van der Waals surface area contributed by atoms with Gasteiger partial charge in [-0.05, 0) is 48.1 Å². The zero-order chi connectivity index (χ0) is 14.7. The number of fused-ring (bicyclic) bond motifs is 1. The van der Waals surface area contributed by atoms with Gasteiger partial charge in [-0.2, -0.15) is 0 Å². The van der Waals surface area contributed by atoms with Crippen LogP contribution in [0.15, 0.2) is 48.5 Å². The number of hydrogen-bond acceptors (Lipinski definition) is 3. The normalized spacial score (nSPS) is 18.9. The van der Waals surface area contributed by atoms with Crippen LogP contribution >= 0.6 is 0 Å². The minimum atomic E-state index is -0.646. The van der Waals surface area contributed by atoms with Crippen LogP contribution in [0.4, 0.5) is 0 Å². The Morgan fingerprint density at radius 1 is 1.14 bits per heavy atom. The van der Waals surface area contributed by atoms with Gasteiger partial charge in [0.05, 0.1) is 6.10 Å². The molecule has 110 valence electrons. The molecule has 2 atom stereocenters. The second kappa shape index (κ2) is 6.29. The first-order chi connectivity index (χ1) is 10.2. The standard InChI is InChI=1S/C18H20O3/c19-17-8-4-7-13-9-10-15(11-16(13)17)21-12-18(20)14-5-2-1-3-6-14/h1-3,5-6,9-11,17-20H,4,7-8,12H2. The van der Waals surface area contributed by atoms with E-state index in [9.17, 15) is 10.2 Å². The van der Waals surface area contributed by atoms with E-state index in [-0.39, 0.29) is 6.61 Å². The molecule has 2 aromatic rings. The van der Waals surface area contributed by atoms with E-state index in [1.54, 1.807) is 0 Å². The maximum Gasteiger partial charge on any atom is 0.119 e. The molecule has 3 nitrogen and oxygen atoms in total. The molecule has 0 heterocycles. The van der Waals surface area contributed by atoms with Gasteiger partial charge in [0.2, 0.25) is 0 Å². The zero-order valence-electron chi connectivity index (χ0n) is 11.9. The van der Waals surface area contributed by atoms with Gasteiger partial charge in [-0.1, -0.05) is 36.4 Å². The molecule has 2 N–H and O–H groups in total. The fraction of sp³-hybridized carbons (Fsp3) is 0.333. The SMILES string of the molecule is OC(COc1ccc2c(c1)C(O)CCC2)c1ccccc1. The van der Waals surface area contributed by atoms with Gasteiger partial charge >= 0.3 is 0 Å². The minimum absolute atomic E-state index is 0.207. The fourth-order valence-electron chi connectivity index (χ4n) is 2.79. The van der Waals surface area contributed by atoms with Gasteiger partial charge in [0.15, 0.2) is 0 Å². The topological polar surface area (TPSA) is 49.7 Å². The van der Waals surface area contributed by atoms with Crippen LogP contribution in [0.1, 0.15) is 41.7 Å². The summed E-state index contributed by atoms with van der Waals surface area (Å²) in [5.41, 5.74) is 3.01. The van der Waals surface area contributed by atoms with Gasteiger partial charge in [0.25, 0.3) is 0 Å². The molecule has 2 unspecified atom stereocenters. The van der Waals surface area contributed by atoms with Crippen molar-refractivity contribution in [1.29, 1.82) is 0 Å². The molecule has 3 heteroatoms. The van der Waals surface area contributed by atoms with Crippen LogP contribution in [0.3, 0.4) is 0 Å². The Hall–Kier alpha value is -1.84. The summed E-state index contributed by atoms with van der Waals surface area (Å²) in [5.74, 6) is 0.699. The lowest BCUT2D eigenvalue weighted by Crippen LogP contribution is -2.12. The third-order valence-electron chi connectivity index (χ3n) is 3.99. The maximum atomic E-state index is 10.1. The molecule has 0 amide bonds. The number of rotatable bonds is 4. The van der Waals surface area contributed by atoms with Gasteiger partial charge in [-0.3, -0.25) is 0 Å². The van der Waals surface area contributed by atoms with Crippen LogP contribution < -0.4 is 4.74 Å². The summed E-state index contributed by atoms with van der Waals surface area (Å²) in [6, 6.07) is 15.3. The number of aryl methyl sites for hydroxylation is 1. The molecule has 1 aliphatic carbocycles. The van der Waals surface area contributed by atoms with E-state index in [2.05, 4.69) is 0 Å². The predicted octanol–water partition coefficient (Wildman–Crippen LogP) is 3.17. The minimum Gasteiger partial charge on any atom is -0.491 e. The summed E-state index contributed by atoms with van der Waals surface area (Å²) in [5, 5.41) is 20.1. The summed E-state index contributed by atoms with van der Waals surface area (Å²) >= 11 is 0. The molecule has 0 radical (unpaired) electrons. The zero-order valence-corrected chi connectivity index (χ0v) is 11.9. The van der Waals surface area contributed by atoms with Crippen molar-refractivity contribution in [2.24, 2.45) is 0 Å². The first kappa shape index (κ1) is 14.1. The summed E-state index contributed by atoms with van der Waals surface area (Å²) in [6.45, 7) is 0.207. The van der Waals surface area contributed by atoms with Crippen LogP contribution in [0.5, 0.6) is 5.75 Å². The van der Waals surface area contributed by atoms with Crippen molar-refractivity contribution < 1.29 is 14.9 Å². The molecular formula is C18H20O3. The molecule has 0 fully saturated rings. The number of benzene rings is 2. The molecule has 21 heavy (non-hydrogen) atoms. The Morgan fingerprint density at radius 3 is 2.76 bits per heavy atom. The van der Waals surface area contributed by atoms with Crippen molar-refractivity contribution in [3.05, 3.63) is 65.2 Å². The highest BCUT2D eigenvalue weighted by molar-refractivity contribution is 5.38. The average molecular weight is 284 g/mol. The molecule has 0 spiro atoms. The number of aliphatic hydroxyl groups is 2. The van der Waals surface area contributed by atoms with Crippen LogP contribution in [-0.4, -0.2) is 16.8 Å². The molecule has 0 aromatic heterocycles. The van der Waals surface area contributed by atoms with E-state index in [4.69, 9.17) is 4.74 Å². The van der Waals surface area contributed by atoms with E-state index >= 15 is 0 Å². The third-order valence-corrected chi connectivity index (χ3v) is 3.99. The summed E-state index contributed by atoms with van der Waals surface area (Å²) in [4.78, 5) is 0. The van der Waals surface area contributed by atoms with Crippen molar-refractivity contribution in [1.82, 2.24) is 0 Å². The predicted molar refractivity (Wildman–Crippen MR) is 81.2 cm³/mol. The van der Waals surface area contributed by atoms with Gasteiger partial charge < -0.3 is 14.9 Å². The number of ether oxygens (including phenoxy) is 1. The summed E-state index contributed by atoms with van der Waals surface area (Å²) < 4.78 is 5.68. The number of hydrogen-bond donors (Lipinski definition) is 2. The van der Waals surface area contributed by atoms with Crippen molar-refractivity contribution in [3.63, 3.8) is 0 Å². The third kappa shape index (κ3) is 3.26. The van der Waals surface area contributed by atoms with Crippen LogP contribution in [0.2, 0.25) is 0 Å². The first-order valence-corrected chi connectivity index (χ1v) is 7.41. The Labute approximate surface area is 124 Å². The van der Waals surface area contributed by atoms with E-state index in [0.29, 0.717) is 5.75 Å². The molecular weight excluding hydrogens is 264 g/mol. The lowest BCUT2D eigenvalue weighted by molar-refractivity contribution is 0.107. The van der Waals surface area contributed by atoms with E-state index in [0.717, 1.165) is 30.4 Å². The molecule has 1 aliphatic rings. The molecule has 3 rings (SSSR count). The highest BCUT2D eigenvalue weighted by Gasteiger charge is 2.18. The second-order valence-electron chi connectivity index (χ2n) is 5.51. The van der Waals surface area contributed by atoms with E-state index < -0.39 is 12.2 Å². The maximum absolute atomic E-state index is 10.1. The Morgan fingerprint density at radius 2 is 1.95 bits per heavy atom. The van der Waals surface area contributed by atoms with E-state index in [1.165, 1.54) is 5.56 Å². The quantitative estimate of drug-likeness (QED) is 0.906.